The largest absolute Gasteiger partial charge is 0.490 e. The average molecular weight is 656 g/mol. The summed E-state index contributed by atoms with van der Waals surface area (Å²) in [7, 11) is 3.65. The van der Waals surface area contributed by atoms with Crippen LogP contribution in [0.3, 0.4) is 0 Å². The van der Waals surface area contributed by atoms with E-state index in [-0.39, 0.29) is 36.5 Å². The van der Waals surface area contributed by atoms with Crippen molar-refractivity contribution < 1.29 is 23.0 Å². The molecule has 3 aromatic heterocycles. The minimum Gasteiger partial charge on any atom is -0.490 e. The predicted molar refractivity (Wildman–Crippen MR) is 180 cm³/mol. The Balaban J connectivity index is 1.44. The summed E-state index contributed by atoms with van der Waals surface area (Å²) < 4.78 is 44.4. The molecule has 5 heterocycles. The number of pyridine rings is 1. The number of benzene rings is 2. The number of halogens is 2. The summed E-state index contributed by atoms with van der Waals surface area (Å²) >= 11 is 1.46. The van der Waals surface area contributed by atoms with Crippen LogP contribution in [-0.4, -0.2) is 77.5 Å². The molecule has 1 saturated heterocycles. The van der Waals surface area contributed by atoms with E-state index in [2.05, 4.69) is 42.8 Å². The van der Waals surface area contributed by atoms with Gasteiger partial charge in [0.15, 0.2) is 0 Å². The highest BCUT2D eigenvalue weighted by Crippen LogP contribution is 2.47. The van der Waals surface area contributed by atoms with Gasteiger partial charge in [-0.05, 0) is 43.1 Å². The molecule has 2 aliphatic heterocycles. The van der Waals surface area contributed by atoms with Crippen molar-refractivity contribution in [1.82, 2.24) is 24.6 Å². The second kappa shape index (κ2) is 12.6. The molecule has 1 fully saturated rings. The molecule has 5 aromatic rings. The third kappa shape index (κ3) is 5.62. The molecule has 47 heavy (non-hydrogen) atoms. The van der Waals surface area contributed by atoms with E-state index in [9.17, 15) is 9.18 Å². The molecule has 1 atom stereocenters. The van der Waals surface area contributed by atoms with Gasteiger partial charge in [0.2, 0.25) is 5.91 Å². The number of hydrogen-bond donors (Lipinski definition) is 0. The number of rotatable bonds is 9. The minimum absolute atomic E-state index is 0.0555. The highest BCUT2D eigenvalue weighted by atomic mass is 32.1. The standard InChI is InChI=1S/C36H35F2N5O3S/c1-5-31(44)42-11-12-43-29(21(42)2)18-28(40-43)35-33(32-27(38)16-25(37)17-30(32)46-14-13-45-4)36-26(10-15-47-36)34(39-35)23-8-6-22(7-9-23)24-19-41(3)20-24/h5-10,15-18,21,24H,1,11-14,19-20H2,2-4H3/t21-/m1/s1. The Morgan fingerprint density at radius 2 is 1.85 bits per heavy atom. The molecule has 7 rings (SSSR count). The molecular formula is C36H35F2N5O3S. The molecule has 2 aromatic carbocycles. The van der Waals surface area contributed by atoms with Crippen molar-refractivity contribution in [2.45, 2.75) is 25.4 Å². The van der Waals surface area contributed by atoms with Crippen molar-refractivity contribution in [3.05, 3.63) is 89.5 Å². The Kier molecular flexibility index (Phi) is 8.37. The number of carbonyl (C=O) groups excluding carboxylic acids is 1. The van der Waals surface area contributed by atoms with Gasteiger partial charge in [0.05, 0.1) is 36.1 Å². The van der Waals surface area contributed by atoms with E-state index in [0.717, 1.165) is 46.2 Å². The van der Waals surface area contributed by atoms with E-state index in [0.29, 0.717) is 36.0 Å². The van der Waals surface area contributed by atoms with Crippen LogP contribution in [0.2, 0.25) is 0 Å². The maximum absolute atomic E-state index is 16.1. The van der Waals surface area contributed by atoms with Gasteiger partial charge in [0.25, 0.3) is 0 Å². The molecule has 242 valence electrons. The Morgan fingerprint density at radius 3 is 2.57 bits per heavy atom. The molecule has 0 bridgehead atoms. The van der Waals surface area contributed by atoms with Crippen LogP contribution in [0.1, 0.15) is 30.1 Å². The Bertz CT molecular complexity index is 1980. The fraction of sp³-hybridized carbons (Fsp3) is 0.306. The van der Waals surface area contributed by atoms with Crippen molar-refractivity contribution in [1.29, 1.82) is 0 Å². The number of thiophene rings is 1. The lowest BCUT2D eigenvalue weighted by Crippen LogP contribution is -2.41. The summed E-state index contributed by atoms with van der Waals surface area (Å²) in [6.07, 6.45) is 1.32. The van der Waals surface area contributed by atoms with Crippen LogP contribution < -0.4 is 4.74 Å². The molecule has 0 aliphatic carbocycles. The van der Waals surface area contributed by atoms with Gasteiger partial charge in [0, 0.05) is 66.0 Å². The van der Waals surface area contributed by atoms with Gasteiger partial charge in [-0.1, -0.05) is 30.8 Å². The first kappa shape index (κ1) is 31.2. The molecule has 0 unspecified atom stereocenters. The number of likely N-dealkylation sites (tertiary alicyclic amines) is 1. The van der Waals surface area contributed by atoms with Crippen LogP contribution in [0.5, 0.6) is 5.75 Å². The van der Waals surface area contributed by atoms with E-state index in [1.165, 1.54) is 36.2 Å². The van der Waals surface area contributed by atoms with Crippen LogP contribution >= 0.6 is 11.3 Å². The Morgan fingerprint density at radius 1 is 1.06 bits per heavy atom. The lowest BCUT2D eigenvalue weighted by Gasteiger charge is -2.36. The van der Waals surface area contributed by atoms with Crippen LogP contribution in [-0.2, 0) is 16.1 Å². The third-order valence-corrected chi connectivity index (χ3v) is 10.0. The molecule has 1 amide bonds. The van der Waals surface area contributed by atoms with Crippen molar-refractivity contribution in [3.63, 3.8) is 0 Å². The number of ether oxygens (including phenoxy) is 2. The van der Waals surface area contributed by atoms with Gasteiger partial charge in [-0.3, -0.25) is 9.48 Å². The van der Waals surface area contributed by atoms with Crippen molar-refractivity contribution in [2.24, 2.45) is 0 Å². The monoisotopic (exact) mass is 655 g/mol. The van der Waals surface area contributed by atoms with E-state index < -0.39 is 11.6 Å². The van der Waals surface area contributed by atoms with Crippen LogP contribution in [0.15, 0.2) is 66.6 Å². The quantitative estimate of drug-likeness (QED) is 0.127. The molecule has 0 spiro atoms. The number of likely N-dealkylation sites (N-methyl/N-ethyl adjacent to an activating group) is 1. The number of fused-ring (bicyclic) bond motifs is 2. The van der Waals surface area contributed by atoms with Crippen LogP contribution in [0, 0.1) is 11.6 Å². The first-order valence-corrected chi connectivity index (χ1v) is 16.5. The van der Waals surface area contributed by atoms with Gasteiger partial charge in [-0.15, -0.1) is 11.3 Å². The zero-order valence-electron chi connectivity index (χ0n) is 26.5. The Labute approximate surface area is 275 Å². The topological polar surface area (TPSA) is 72.7 Å². The van der Waals surface area contributed by atoms with E-state index in [1.807, 2.05) is 29.1 Å². The minimum atomic E-state index is -0.766. The zero-order chi connectivity index (χ0) is 32.8. The smallest absolute Gasteiger partial charge is 0.246 e. The van der Waals surface area contributed by atoms with Gasteiger partial charge in [-0.25, -0.2) is 13.8 Å². The summed E-state index contributed by atoms with van der Waals surface area (Å²) in [5.74, 6) is -1.11. The lowest BCUT2D eigenvalue weighted by molar-refractivity contribution is -0.129. The second-order valence-electron chi connectivity index (χ2n) is 12.1. The zero-order valence-corrected chi connectivity index (χ0v) is 27.3. The average Bonchev–Trinajstić information content (AvgIpc) is 3.71. The number of carbonyl (C=O) groups is 1. The third-order valence-electron chi connectivity index (χ3n) is 9.10. The van der Waals surface area contributed by atoms with Gasteiger partial charge in [-0.2, -0.15) is 5.10 Å². The van der Waals surface area contributed by atoms with Gasteiger partial charge < -0.3 is 19.3 Å². The summed E-state index contributed by atoms with van der Waals surface area (Å²) in [5, 5.41) is 7.75. The summed E-state index contributed by atoms with van der Waals surface area (Å²) in [5.41, 5.74) is 5.32. The number of methoxy groups -OCH3 is 1. The van der Waals surface area contributed by atoms with E-state index in [1.54, 1.807) is 4.90 Å². The maximum Gasteiger partial charge on any atom is 0.246 e. The van der Waals surface area contributed by atoms with Crippen molar-refractivity contribution in [3.8, 4) is 39.5 Å². The number of hydrogen-bond acceptors (Lipinski definition) is 7. The predicted octanol–water partition coefficient (Wildman–Crippen LogP) is 6.92. The number of amides is 1. The van der Waals surface area contributed by atoms with Crippen molar-refractivity contribution >= 4 is 27.3 Å². The highest BCUT2D eigenvalue weighted by molar-refractivity contribution is 7.18. The molecule has 0 saturated carbocycles. The molecule has 11 heteroatoms. The fourth-order valence-electron chi connectivity index (χ4n) is 6.66. The molecule has 0 N–H and O–H groups in total. The molecule has 2 aliphatic rings. The fourth-order valence-corrected chi connectivity index (χ4v) is 7.61. The van der Waals surface area contributed by atoms with E-state index >= 15 is 4.39 Å². The first-order valence-electron chi connectivity index (χ1n) is 15.6. The summed E-state index contributed by atoms with van der Waals surface area (Å²) in [6, 6.07) is 14.2. The summed E-state index contributed by atoms with van der Waals surface area (Å²) in [6.45, 7) is 8.97. The van der Waals surface area contributed by atoms with Crippen molar-refractivity contribution in [2.75, 3.05) is 47.0 Å². The Hall–Kier alpha value is -4.45. The van der Waals surface area contributed by atoms with Gasteiger partial charge >= 0.3 is 0 Å². The summed E-state index contributed by atoms with van der Waals surface area (Å²) in [4.78, 5) is 21.9. The first-order chi connectivity index (χ1) is 22.8. The highest BCUT2D eigenvalue weighted by Gasteiger charge is 2.31. The molecular weight excluding hydrogens is 620 g/mol. The second-order valence-corrected chi connectivity index (χ2v) is 13.0. The number of aromatic nitrogens is 3. The van der Waals surface area contributed by atoms with E-state index in [4.69, 9.17) is 19.6 Å². The van der Waals surface area contributed by atoms with Gasteiger partial charge in [0.1, 0.15) is 35.4 Å². The maximum atomic E-state index is 16.1. The molecule has 8 nitrogen and oxygen atoms in total. The van der Waals surface area contributed by atoms with Crippen LogP contribution in [0.4, 0.5) is 8.78 Å². The normalized spacial score (nSPS) is 16.7. The SMILES string of the molecule is C=CC(=O)N1CCn2nc(-c3nc(-c4ccc(C5CN(C)C5)cc4)c4ccsc4c3-c3c(F)cc(F)cc3OCCOC)cc2[C@H]1C. The lowest BCUT2D eigenvalue weighted by atomic mass is 9.90. The number of nitrogens with zero attached hydrogens (tertiary/aromatic N) is 5. The molecule has 0 radical (unpaired) electrons. The van der Waals surface area contributed by atoms with Crippen LogP contribution in [0.25, 0.3) is 43.9 Å².